The Balaban J connectivity index is 1.53. The van der Waals surface area contributed by atoms with Crippen LogP contribution in [-0.4, -0.2) is 58.0 Å². The Morgan fingerprint density at radius 3 is 2.36 bits per heavy atom. The van der Waals surface area contributed by atoms with Crippen molar-refractivity contribution in [3.63, 3.8) is 0 Å². The van der Waals surface area contributed by atoms with Gasteiger partial charge in [-0.3, -0.25) is 9.59 Å². The van der Waals surface area contributed by atoms with Gasteiger partial charge in [-0.1, -0.05) is 97.8 Å². The number of ketones is 1. The third-order valence-electron chi connectivity index (χ3n) is 11.1. The molecule has 47 heavy (non-hydrogen) atoms. The second-order valence-electron chi connectivity index (χ2n) is 15.9. The van der Waals surface area contributed by atoms with Gasteiger partial charge in [-0.2, -0.15) is 0 Å². The van der Waals surface area contributed by atoms with Crippen molar-refractivity contribution in [3.05, 3.63) is 23.5 Å². The van der Waals surface area contributed by atoms with Gasteiger partial charge in [0.15, 0.2) is 11.6 Å². The summed E-state index contributed by atoms with van der Waals surface area (Å²) >= 11 is 0. The van der Waals surface area contributed by atoms with Gasteiger partial charge in [-0.05, 0) is 57.9 Å². The van der Waals surface area contributed by atoms with E-state index in [2.05, 4.69) is 22.5 Å². The molecule has 3 fully saturated rings. The first-order valence-electron chi connectivity index (χ1n) is 18.7. The number of hydrogen-bond acceptors (Lipinski definition) is 5. The number of unbranched alkanes of at least 4 members (excludes halogenated alkanes) is 5. The molecular weight excluding hydrogens is 594 g/mol. The van der Waals surface area contributed by atoms with Crippen LogP contribution in [0, 0.1) is 11.3 Å². The molecule has 0 spiro atoms. The lowest BCUT2D eigenvalue weighted by Crippen LogP contribution is -2.56. The fraction of sp³-hybridized carbons (Fsp3) is 0.816. The van der Waals surface area contributed by atoms with Crippen LogP contribution in [0.4, 0.5) is 4.79 Å². The fourth-order valence-corrected chi connectivity index (χ4v) is 8.37. The topological polar surface area (TPSA) is 130 Å². The highest BCUT2D eigenvalue weighted by Gasteiger charge is 2.47. The molecule has 266 valence electrons. The van der Waals surface area contributed by atoms with Crippen LogP contribution >= 0.6 is 0 Å². The number of rotatable bonds is 15. The maximum atomic E-state index is 14.2. The van der Waals surface area contributed by atoms with Crippen LogP contribution in [0.2, 0.25) is 0 Å². The highest BCUT2D eigenvalue weighted by atomic mass is 16.7. The van der Waals surface area contributed by atoms with Gasteiger partial charge in [0.05, 0.1) is 13.0 Å². The number of nitrogens with one attached hydrogen (secondary N) is 3. The first-order valence-corrected chi connectivity index (χ1v) is 18.7. The Bertz CT molecular complexity index is 1170. The second-order valence-corrected chi connectivity index (χ2v) is 15.9. The van der Waals surface area contributed by atoms with Gasteiger partial charge >= 0.3 is 12.0 Å². The molecule has 4 rings (SSSR count). The number of urea groups is 1. The molecule has 2 amide bonds. The number of Topliss-reactive ketones (excluding diaryl/α,β-unsaturated/α-hetero) is 1. The zero-order valence-electron chi connectivity index (χ0n) is 29.9. The summed E-state index contributed by atoms with van der Waals surface area (Å²) in [4.78, 5) is 43.7. The van der Waals surface area contributed by atoms with E-state index in [9.17, 15) is 19.5 Å². The maximum absolute atomic E-state index is 14.2. The Hall–Kier alpha value is -2.39. The normalized spacial score (nSPS) is 26.1. The van der Waals surface area contributed by atoms with Gasteiger partial charge in [0.1, 0.15) is 6.10 Å². The Morgan fingerprint density at radius 2 is 1.64 bits per heavy atom. The standard InChI is InChI=1S/C38H63N3O6/c1-6-7-8-9-10-15-21-38(22-16-12-17-23-38)41-35(45)40-30-19-14-11-13-18-27(30)29(25-31(42)43)32-28(20-24-39-32)33(44)34-36(2,3)26-46-37(4,5)47-34/h20,24,27,29-30,34,39H,6-19,21-23,25-26H2,1-5H3,(H,42,43)(H2,40,41,45). The highest BCUT2D eigenvalue weighted by molar-refractivity contribution is 6.01. The van der Waals surface area contributed by atoms with Gasteiger partial charge in [0.2, 0.25) is 0 Å². The van der Waals surface area contributed by atoms with E-state index in [1.807, 2.05) is 27.7 Å². The first-order chi connectivity index (χ1) is 22.4. The summed E-state index contributed by atoms with van der Waals surface area (Å²) in [5, 5.41) is 17.0. The highest BCUT2D eigenvalue weighted by Crippen LogP contribution is 2.42. The number of ether oxygens (including phenoxy) is 2. The third kappa shape index (κ3) is 10.3. The van der Waals surface area contributed by atoms with E-state index in [-0.39, 0.29) is 35.7 Å². The van der Waals surface area contributed by atoms with Crippen molar-refractivity contribution in [2.75, 3.05) is 6.61 Å². The predicted molar refractivity (Wildman–Crippen MR) is 185 cm³/mol. The largest absolute Gasteiger partial charge is 0.481 e. The molecule has 0 bridgehead atoms. The smallest absolute Gasteiger partial charge is 0.315 e. The molecule has 2 saturated carbocycles. The van der Waals surface area contributed by atoms with Gasteiger partial charge in [-0.15, -0.1) is 0 Å². The molecule has 4 unspecified atom stereocenters. The molecule has 1 saturated heterocycles. The van der Waals surface area contributed by atoms with Crippen LogP contribution < -0.4 is 10.6 Å². The van der Waals surface area contributed by atoms with Gasteiger partial charge in [-0.25, -0.2) is 4.79 Å². The lowest BCUT2D eigenvalue weighted by Gasteiger charge is -2.45. The number of amides is 2. The van der Waals surface area contributed by atoms with E-state index >= 15 is 0 Å². The van der Waals surface area contributed by atoms with Crippen molar-refractivity contribution in [2.45, 2.75) is 180 Å². The molecule has 1 aromatic heterocycles. The van der Waals surface area contributed by atoms with E-state index < -0.39 is 29.2 Å². The Labute approximate surface area is 283 Å². The molecule has 0 radical (unpaired) electrons. The van der Waals surface area contributed by atoms with Crippen LogP contribution in [0.15, 0.2) is 12.3 Å². The number of carboxylic acids is 1. The lowest BCUT2D eigenvalue weighted by molar-refractivity contribution is -0.298. The molecule has 0 aromatic carbocycles. The molecular formula is C38H63N3O6. The Kier molecular flexibility index (Phi) is 13.4. The van der Waals surface area contributed by atoms with Crippen LogP contribution in [0.5, 0.6) is 0 Å². The third-order valence-corrected chi connectivity index (χ3v) is 11.1. The summed E-state index contributed by atoms with van der Waals surface area (Å²) in [6, 6.07) is 1.43. The molecule has 1 aliphatic heterocycles. The Morgan fingerprint density at radius 1 is 0.957 bits per heavy atom. The van der Waals surface area contributed by atoms with Crippen molar-refractivity contribution < 1.29 is 29.0 Å². The van der Waals surface area contributed by atoms with E-state index in [1.54, 1.807) is 12.3 Å². The van der Waals surface area contributed by atoms with Gasteiger partial charge in [0.25, 0.3) is 0 Å². The summed E-state index contributed by atoms with van der Waals surface area (Å²) in [7, 11) is 0. The lowest BCUT2D eigenvalue weighted by atomic mass is 9.76. The van der Waals surface area contributed by atoms with Crippen LogP contribution in [0.1, 0.15) is 172 Å². The number of carboxylic acid groups (broad SMARTS) is 1. The summed E-state index contributed by atoms with van der Waals surface area (Å²) in [5.41, 5.74) is 0.377. The van der Waals surface area contributed by atoms with E-state index in [0.29, 0.717) is 17.9 Å². The fourth-order valence-electron chi connectivity index (χ4n) is 8.37. The molecule has 4 atom stereocenters. The number of hydrogen-bond donors (Lipinski definition) is 4. The van der Waals surface area contributed by atoms with Crippen molar-refractivity contribution in [1.82, 2.24) is 15.6 Å². The first kappa shape index (κ1) is 37.4. The van der Waals surface area contributed by atoms with Crippen molar-refractivity contribution >= 4 is 17.8 Å². The quantitative estimate of drug-likeness (QED) is 0.0849. The van der Waals surface area contributed by atoms with Crippen LogP contribution in [-0.2, 0) is 14.3 Å². The zero-order chi connectivity index (χ0) is 34.1. The van der Waals surface area contributed by atoms with Crippen LogP contribution in [0.25, 0.3) is 0 Å². The minimum Gasteiger partial charge on any atom is -0.481 e. The maximum Gasteiger partial charge on any atom is 0.315 e. The van der Waals surface area contributed by atoms with E-state index in [0.717, 1.165) is 70.6 Å². The number of carbonyl (C=O) groups excluding carboxylic acids is 2. The second kappa shape index (κ2) is 16.8. The van der Waals surface area contributed by atoms with Gasteiger partial charge < -0.3 is 30.2 Å². The van der Waals surface area contributed by atoms with Gasteiger partial charge in [0, 0.05) is 40.4 Å². The predicted octanol–water partition coefficient (Wildman–Crippen LogP) is 8.64. The number of aliphatic carboxylic acids is 1. The SMILES string of the molecule is CCCCCCCCC1(NC(=O)NC2CCCCCC2C(CC(=O)O)c2[nH]ccc2C(=O)C2OC(C)(C)OCC2(C)C)CCCCC1. The average Bonchev–Trinajstić information content (AvgIpc) is 3.39. The van der Waals surface area contributed by atoms with E-state index in [4.69, 9.17) is 9.47 Å². The summed E-state index contributed by atoms with van der Waals surface area (Å²) in [6.45, 7) is 10.2. The minimum atomic E-state index is -0.917. The average molecular weight is 658 g/mol. The molecule has 4 N–H and O–H groups in total. The molecule has 9 heteroatoms. The summed E-state index contributed by atoms with van der Waals surface area (Å²) < 4.78 is 12.1. The molecule has 2 heterocycles. The number of carbonyl (C=O) groups is 3. The van der Waals surface area contributed by atoms with E-state index in [1.165, 1.54) is 38.5 Å². The minimum absolute atomic E-state index is 0.128. The summed E-state index contributed by atoms with van der Waals surface area (Å²) in [6.07, 6.45) is 19.3. The monoisotopic (exact) mass is 657 g/mol. The molecule has 1 aromatic rings. The number of aromatic nitrogens is 1. The number of H-pyrrole nitrogens is 1. The van der Waals surface area contributed by atoms with Crippen LogP contribution in [0.3, 0.4) is 0 Å². The zero-order valence-corrected chi connectivity index (χ0v) is 29.9. The van der Waals surface area contributed by atoms with Crippen molar-refractivity contribution in [1.29, 1.82) is 0 Å². The summed E-state index contributed by atoms with van der Waals surface area (Å²) in [5.74, 6) is -2.58. The van der Waals surface area contributed by atoms with Crippen molar-refractivity contribution in [3.8, 4) is 0 Å². The molecule has 3 aliphatic rings. The molecule has 9 nitrogen and oxygen atoms in total. The molecule has 2 aliphatic carbocycles. The number of aromatic amines is 1. The van der Waals surface area contributed by atoms with Crippen molar-refractivity contribution in [2.24, 2.45) is 11.3 Å².